The van der Waals surface area contributed by atoms with E-state index in [4.69, 9.17) is 0 Å². The molecule has 98 valence electrons. The van der Waals surface area contributed by atoms with Crippen molar-refractivity contribution in [1.82, 2.24) is 10.2 Å². The first kappa shape index (κ1) is 13.0. The van der Waals surface area contributed by atoms with Gasteiger partial charge in [-0.2, -0.15) is 0 Å². The Morgan fingerprint density at radius 3 is 2.33 bits per heavy atom. The smallest absolute Gasteiger partial charge is 0.217 e. The molecule has 1 heterocycles. The first-order chi connectivity index (χ1) is 8.52. The van der Waals surface area contributed by atoms with Crippen molar-refractivity contribution in [3.05, 3.63) is 35.6 Å². The fourth-order valence-electron chi connectivity index (χ4n) is 2.59. The quantitative estimate of drug-likeness (QED) is 0.869. The van der Waals surface area contributed by atoms with Gasteiger partial charge in [0, 0.05) is 20.0 Å². The zero-order valence-electron chi connectivity index (χ0n) is 10.9. The number of carbonyl (C=O) groups excluding carboxylic acids is 1. The maximum Gasteiger partial charge on any atom is 0.217 e. The number of carbonyl (C=O) groups is 1. The van der Waals surface area contributed by atoms with Crippen molar-refractivity contribution < 1.29 is 9.18 Å². The topological polar surface area (TPSA) is 32.3 Å². The maximum atomic E-state index is 13.0. The van der Waals surface area contributed by atoms with E-state index in [0.29, 0.717) is 0 Å². The van der Waals surface area contributed by atoms with Gasteiger partial charge in [0.2, 0.25) is 5.91 Å². The van der Waals surface area contributed by atoms with Gasteiger partial charge in [0.05, 0.1) is 5.54 Å². The molecular weight excluding hydrogens is 231 g/mol. The lowest BCUT2D eigenvalue weighted by Gasteiger charge is -2.41. The fraction of sp³-hybridized carbons (Fsp3) is 0.500. The number of piperidine rings is 1. The van der Waals surface area contributed by atoms with E-state index in [1.807, 2.05) is 0 Å². The van der Waals surface area contributed by atoms with Gasteiger partial charge in [-0.25, -0.2) is 4.39 Å². The summed E-state index contributed by atoms with van der Waals surface area (Å²) in [5.41, 5.74) is 0.652. The van der Waals surface area contributed by atoms with Gasteiger partial charge in [-0.3, -0.25) is 4.79 Å². The highest BCUT2D eigenvalue weighted by Gasteiger charge is 2.35. The van der Waals surface area contributed by atoms with E-state index in [2.05, 4.69) is 17.3 Å². The number of nitrogens with zero attached hydrogens (tertiary/aromatic N) is 1. The lowest BCUT2D eigenvalue weighted by molar-refractivity contribution is -0.121. The van der Waals surface area contributed by atoms with Crippen LogP contribution in [0.4, 0.5) is 4.39 Å². The highest BCUT2D eigenvalue weighted by Crippen LogP contribution is 2.32. The maximum absolute atomic E-state index is 13.0. The number of amides is 1. The lowest BCUT2D eigenvalue weighted by atomic mass is 9.81. The summed E-state index contributed by atoms with van der Waals surface area (Å²) in [4.78, 5) is 13.7. The van der Waals surface area contributed by atoms with Crippen LogP contribution >= 0.6 is 0 Å². The predicted molar refractivity (Wildman–Crippen MR) is 68.6 cm³/mol. The van der Waals surface area contributed by atoms with Gasteiger partial charge < -0.3 is 10.2 Å². The minimum absolute atomic E-state index is 0.0381. The number of hydrogen-bond donors (Lipinski definition) is 1. The van der Waals surface area contributed by atoms with Crippen LogP contribution in [-0.2, 0) is 10.3 Å². The van der Waals surface area contributed by atoms with Crippen LogP contribution in [0.25, 0.3) is 0 Å². The Labute approximate surface area is 107 Å². The van der Waals surface area contributed by atoms with E-state index in [0.717, 1.165) is 31.5 Å². The Morgan fingerprint density at radius 2 is 1.83 bits per heavy atom. The molecular formula is C14H19FN2O. The van der Waals surface area contributed by atoms with Gasteiger partial charge in [-0.15, -0.1) is 0 Å². The molecule has 1 aliphatic rings. The predicted octanol–water partition coefficient (Wildman–Crippen LogP) is 1.88. The Bertz CT molecular complexity index is 422. The molecule has 1 aromatic carbocycles. The molecule has 4 heteroatoms. The molecule has 0 bridgehead atoms. The van der Waals surface area contributed by atoms with Crippen molar-refractivity contribution in [2.45, 2.75) is 25.3 Å². The van der Waals surface area contributed by atoms with Crippen LogP contribution in [-0.4, -0.2) is 30.9 Å². The van der Waals surface area contributed by atoms with Gasteiger partial charge in [0.1, 0.15) is 5.82 Å². The molecule has 0 saturated carbocycles. The normalized spacial score (nSPS) is 19.5. The van der Waals surface area contributed by atoms with E-state index in [1.54, 1.807) is 12.1 Å². The summed E-state index contributed by atoms with van der Waals surface area (Å²) < 4.78 is 13.0. The van der Waals surface area contributed by atoms with Gasteiger partial charge >= 0.3 is 0 Å². The average Bonchev–Trinajstić information content (AvgIpc) is 2.33. The van der Waals surface area contributed by atoms with E-state index in [1.165, 1.54) is 19.1 Å². The summed E-state index contributed by atoms with van der Waals surface area (Å²) >= 11 is 0. The molecule has 18 heavy (non-hydrogen) atoms. The third kappa shape index (κ3) is 2.70. The highest BCUT2D eigenvalue weighted by molar-refractivity contribution is 5.74. The van der Waals surface area contributed by atoms with Gasteiger partial charge in [0.15, 0.2) is 0 Å². The van der Waals surface area contributed by atoms with Crippen LogP contribution in [0.5, 0.6) is 0 Å². The monoisotopic (exact) mass is 250 g/mol. The van der Waals surface area contributed by atoms with Crippen LogP contribution < -0.4 is 5.32 Å². The number of halogens is 1. The Kier molecular flexibility index (Phi) is 3.66. The van der Waals surface area contributed by atoms with Crippen molar-refractivity contribution in [2.24, 2.45) is 0 Å². The SMILES string of the molecule is CC(=O)NC1(c2ccc(F)cc2)CCN(C)CC1. The van der Waals surface area contributed by atoms with Gasteiger partial charge in [-0.1, -0.05) is 12.1 Å². The Hall–Kier alpha value is -1.42. The molecule has 1 fully saturated rings. The van der Waals surface area contributed by atoms with Crippen molar-refractivity contribution >= 4 is 5.91 Å². The van der Waals surface area contributed by atoms with E-state index >= 15 is 0 Å². The second-order valence-corrected chi connectivity index (χ2v) is 5.07. The van der Waals surface area contributed by atoms with Crippen LogP contribution in [0.2, 0.25) is 0 Å². The molecule has 1 N–H and O–H groups in total. The van der Waals surface area contributed by atoms with Crippen LogP contribution in [0.15, 0.2) is 24.3 Å². The molecule has 0 unspecified atom stereocenters. The molecule has 1 aliphatic heterocycles. The van der Waals surface area contributed by atoms with Gasteiger partial charge in [-0.05, 0) is 37.6 Å². The summed E-state index contributed by atoms with van der Waals surface area (Å²) in [6.45, 7) is 3.39. The minimum Gasteiger partial charge on any atom is -0.347 e. The first-order valence-corrected chi connectivity index (χ1v) is 6.25. The van der Waals surface area contributed by atoms with Crippen LogP contribution in [0, 0.1) is 5.82 Å². The zero-order chi connectivity index (χ0) is 13.2. The number of hydrogen-bond acceptors (Lipinski definition) is 2. The molecule has 0 atom stereocenters. The summed E-state index contributed by atoms with van der Waals surface area (Å²) in [5, 5.41) is 3.06. The molecule has 1 aromatic rings. The van der Waals surface area contributed by atoms with Crippen LogP contribution in [0.1, 0.15) is 25.3 Å². The largest absolute Gasteiger partial charge is 0.347 e. The second kappa shape index (κ2) is 5.06. The first-order valence-electron chi connectivity index (χ1n) is 6.25. The third-order valence-electron chi connectivity index (χ3n) is 3.65. The molecule has 0 aromatic heterocycles. The lowest BCUT2D eigenvalue weighted by Crippen LogP contribution is -2.51. The van der Waals surface area contributed by atoms with E-state index in [9.17, 15) is 9.18 Å². The number of benzene rings is 1. The molecule has 2 rings (SSSR count). The summed E-state index contributed by atoms with van der Waals surface area (Å²) in [5.74, 6) is -0.284. The van der Waals surface area contributed by atoms with Crippen molar-refractivity contribution in [1.29, 1.82) is 0 Å². The summed E-state index contributed by atoms with van der Waals surface area (Å²) in [6, 6.07) is 6.46. The summed E-state index contributed by atoms with van der Waals surface area (Å²) in [7, 11) is 2.07. The van der Waals surface area contributed by atoms with E-state index < -0.39 is 0 Å². The van der Waals surface area contributed by atoms with Crippen molar-refractivity contribution in [2.75, 3.05) is 20.1 Å². The van der Waals surface area contributed by atoms with Crippen LogP contribution in [0.3, 0.4) is 0 Å². The second-order valence-electron chi connectivity index (χ2n) is 5.07. The number of rotatable bonds is 2. The Balaban J connectivity index is 2.29. The van der Waals surface area contributed by atoms with Crippen molar-refractivity contribution in [3.63, 3.8) is 0 Å². The molecule has 3 nitrogen and oxygen atoms in total. The van der Waals surface area contributed by atoms with E-state index in [-0.39, 0.29) is 17.3 Å². The summed E-state index contributed by atoms with van der Waals surface area (Å²) in [6.07, 6.45) is 1.71. The fourth-order valence-corrected chi connectivity index (χ4v) is 2.59. The average molecular weight is 250 g/mol. The van der Waals surface area contributed by atoms with Gasteiger partial charge in [0.25, 0.3) is 0 Å². The van der Waals surface area contributed by atoms with Crippen molar-refractivity contribution in [3.8, 4) is 0 Å². The minimum atomic E-state index is -0.341. The molecule has 0 radical (unpaired) electrons. The Morgan fingerprint density at radius 1 is 1.28 bits per heavy atom. The molecule has 1 amide bonds. The molecule has 1 saturated heterocycles. The molecule has 0 spiro atoms. The number of nitrogens with one attached hydrogen (secondary N) is 1. The zero-order valence-corrected chi connectivity index (χ0v) is 10.9. The highest BCUT2D eigenvalue weighted by atomic mass is 19.1. The standard InChI is InChI=1S/C14H19FN2O/c1-11(18)16-14(7-9-17(2)10-8-14)12-3-5-13(15)6-4-12/h3-6H,7-10H2,1-2H3,(H,16,18). The third-order valence-corrected chi connectivity index (χ3v) is 3.65. The molecule has 0 aliphatic carbocycles. The number of likely N-dealkylation sites (tertiary alicyclic amines) is 1.